The van der Waals surface area contributed by atoms with Crippen molar-refractivity contribution < 1.29 is 19.4 Å². The number of urea groups is 1. The molecule has 0 aromatic heterocycles. The van der Waals surface area contributed by atoms with E-state index < -0.39 is 18.0 Å². The molecule has 0 radical (unpaired) electrons. The molecule has 1 aromatic carbocycles. The van der Waals surface area contributed by atoms with Gasteiger partial charge in [0.1, 0.15) is 11.8 Å². The Balaban J connectivity index is 2.78. The lowest BCUT2D eigenvalue weighted by atomic mass is 10.1. The number of carbonyl (C=O) groups is 2. The van der Waals surface area contributed by atoms with Crippen LogP contribution in [-0.2, 0) is 4.79 Å². The number of methoxy groups -OCH3 is 1. The number of carboxylic acid groups (broad SMARTS) is 1. The van der Waals surface area contributed by atoms with Gasteiger partial charge in [0.25, 0.3) is 0 Å². The summed E-state index contributed by atoms with van der Waals surface area (Å²) in [4.78, 5) is 22.9. The highest BCUT2D eigenvalue weighted by Gasteiger charge is 2.23. The average molecular weight is 345 g/mol. The smallest absolute Gasteiger partial charge is 0.326 e. The third-order valence-electron chi connectivity index (χ3n) is 2.64. The second-order valence-corrected chi connectivity index (χ2v) is 5.36. The minimum absolute atomic E-state index is 0.216. The van der Waals surface area contributed by atoms with E-state index in [0.717, 1.165) is 0 Å². The van der Waals surface area contributed by atoms with Crippen LogP contribution in [-0.4, -0.2) is 30.3 Å². The van der Waals surface area contributed by atoms with Crippen LogP contribution in [0.25, 0.3) is 0 Å². The van der Waals surface area contributed by atoms with E-state index in [-0.39, 0.29) is 5.92 Å². The average Bonchev–Trinajstić information content (AvgIpc) is 2.37. The Bertz CT molecular complexity index is 505. The Kier molecular flexibility index (Phi) is 5.82. The first kappa shape index (κ1) is 16.3. The van der Waals surface area contributed by atoms with Crippen LogP contribution in [0.2, 0.25) is 0 Å². The molecule has 0 spiro atoms. The molecule has 0 heterocycles. The number of nitrogens with one attached hydrogen (secondary N) is 2. The maximum atomic E-state index is 11.8. The monoisotopic (exact) mass is 344 g/mol. The van der Waals surface area contributed by atoms with Crippen molar-refractivity contribution in [3.8, 4) is 5.75 Å². The summed E-state index contributed by atoms with van der Waals surface area (Å²) < 4.78 is 5.73. The van der Waals surface area contributed by atoms with Gasteiger partial charge in [0.05, 0.1) is 12.8 Å². The third-order valence-corrected chi connectivity index (χ3v) is 3.33. The number of amides is 2. The zero-order valence-corrected chi connectivity index (χ0v) is 13.0. The fourth-order valence-corrected chi connectivity index (χ4v) is 1.89. The van der Waals surface area contributed by atoms with Gasteiger partial charge in [-0.2, -0.15) is 0 Å². The molecule has 7 heteroatoms. The summed E-state index contributed by atoms with van der Waals surface area (Å²) in [5, 5.41) is 14.0. The minimum Gasteiger partial charge on any atom is -0.497 e. The van der Waals surface area contributed by atoms with E-state index in [2.05, 4.69) is 26.6 Å². The van der Waals surface area contributed by atoms with Gasteiger partial charge in [0.15, 0.2) is 0 Å². The van der Waals surface area contributed by atoms with Crippen molar-refractivity contribution in [3.63, 3.8) is 0 Å². The summed E-state index contributed by atoms with van der Waals surface area (Å²) in [7, 11) is 1.52. The number of ether oxygens (including phenoxy) is 1. The van der Waals surface area contributed by atoms with Crippen LogP contribution in [0.4, 0.5) is 10.5 Å². The van der Waals surface area contributed by atoms with Gasteiger partial charge in [-0.25, -0.2) is 9.59 Å². The molecule has 0 unspecified atom stereocenters. The fraction of sp³-hybridized carbons (Fsp3) is 0.385. The van der Waals surface area contributed by atoms with E-state index >= 15 is 0 Å². The molecule has 0 aliphatic rings. The van der Waals surface area contributed by atoms with Crippen LogP contribution in [0.15, 0.2) is 22.7 Å². The number of hydrogen-bond donors (Lipinski definition) is 3. The first-order valence-corrected chi connectivity index (χ1v) is 6.78. The SMILES string of the molecule is COc1ccc(Br)c(NC(=O)N[C@H](C(=O)O)C(C)C)c1. The van der Waals surface area contributed by atoms with Crippen LogP contribution >= 0.6 is 15.9 Å². The Hall–Kier alpha value is -1.76. The summed E-state index contributed by atoms with van der Waals surface area (Å²) in [6, 6.07) is 3.57. The lowest BCUT2D eigenvalue weighted by Crippen LogP contribution is -2.46. The molecule has 0 aliphatic carbocycles. The second kappa shape index (κ2) is 7.14. The molecule has 110 valence electrons. The van der Waals surface area contributed by atoms with E-state index in [4.69, 9.17) is 9.84 Å². The predicted molar refractivity (Wildman–Crippen MR) is 79.1 cm³/mol. The molecule has 3 N–H and O–H groups in total. The summed E-state index contributed by atoms with van der Waals surface area (Å²) in [6.45, 7) is 3.45. The molecule has 0 aliphatic heterocycles. The Labute approximate surface area is 125 Å². The largest absolute Gasteiger partial charge is 0.497 e. The number of halogens is 1. The van der Waals surface area contributed by atoms with Gasteiger partial charge < -0.3 is 20.5 Å². The van der Waals surface area contributed by atoms with Gasteiger partial charge in [-0.15, -0.1) is 0 Å². The van der Waals surface area contributed by atoms with Crippen LogP contribution < -0.4 is 15.4 Å². The molecular weight excluding hydrogens is 328 g/mol. The molecule has 0 fully saturated rings. The topological polar surface area (TPSA) is 87.7 Å². The maximum Gasteiger partial charge on any atom is 0.326 e. The Morgan fingerprint density at radius 1 is 1.35 bits per heavy atom. The number of aliphatic carboxylic acids is 1. The van der Waals surface area contributed by atoms with Crippen molar-refractivity contribution in [1.82, 2.24) is 5.32 Å². The highest BCUT2D eigenvalue weighted by molar-refractivity contribution is 9.10. The number of carbonyl (C=O) groups excluding carboxylic acids is 1. The zero-order chi connectivity index (χ0) is 15.3. The van der Waals surface area contributed by atoms with Crippen molar-refractivity contribution in [3.05, 3.63) is 22.7 Å². The molecule has 1 aromatic rings. The van der Waals surface area contributed by atoms with Gasteiger partial charge in [-0.05, 0) is 34.0 Å². The van der Waals surface area contributed by atoms with Crippen molar-refractivity contribution in [2.24, 2.45) is 5.92 Å². The lowest BCUT2D eigenvalue weighted by Gasteiger charge is -2.18. The summed E-state index contributed by atoms with van der Waals surface area (Å²) in [5.41, 5.74) is 0.495. The van der Waals surface area contributed by atoms with Gasteiger partial charge in [0, 0.05) is 10.5 Å². The second-order valence-electron chi connectivity index (χ2n) is 4.50. The van der Waals surface area contributed by atoms with Crippen LogP contribution in [0, 0.1) is 5.92 Å². The van der Waals surface area contributed by atoms with Crippen LogP contribution in [0.3, 0.4) is 0 Å². The molecule has 1 atom stereocenters. The van der Waals surface area contributed by atoms with E-state index in [1.807, 2.05) is 0 Å². The Morgan fingerprint density at radius 3 is 2.50 bits per heavy atom. The van der Waals surface area contributed by atoms with Crippen molar-refractivity contribution in [2.75, 3.05) is 12.4 Å². The summed E-state index contributed by atoms with van der Waals surface area (Å²) in [6.07, 6.45) is 0. The third kappa shape index (κ3) is 4.41. The zero-order valence-electron chi connectivity index (χ0n) is 11.4. The summed E-state index contributed by atoms with van der Waals surface area (Å²) in [5.74, 6) is -0.700. The highest BCUT2D eigenvalue weighted by atomic mass is 79.9. The van der Waals surface area contributed by atoms with E-state index in [1.165, 1.54) is 7.11 Å². The number of anilines is 1. The van der Waals surface area contributed by atoms with Gasteiger partial charge in [0.2, 0.25) is 0 Å². The minimum atomic E-state index is -1.07. The first-order valence-electron chi connectivity index (χ1n) is 5.99. The number of hydrogen-bond acceptors (Lipinski definition) is 3. The molecule has 0 saturated carbocycles. The fourth-order valence-electron chi connectivity index (χ4n) is 1.54. The predicted octanol–water partition coefficient (Wildman–Crippen LogP) is 2.69. The van der Waals surface area contributed by atoms with E-state index in [9.17, 15) is 9.59 Å². The van der Waals surface area contributed by atoms with E-state index in [0.29, 0.717) is 15.9 Å². The molecule has 6 nitrogen and oxygen atoms in total. The van der Waals surface area contributed by atoms with Crippen molar-refractivity contribution in [2.45, 2.75) is 19.9 Å². The molecule has 0 bridgehead atoms. The summed E-state index contributed by atoms with van der Waals surface area (Å²) >= 11 is 3.30. The highest BCUT2D eigenvalue weighted by Crippen LogP contribution is 2.27. The normalized spacial score (nSPS) is 11.8. The van der Waals surface area contributed by atoms with Gasteiger partial charge in [-0.1, -0.05) is 13.8 Å². The number of benzene rings is 1. The van der Waals surface area contributed by atoms with Gasteiger partial charge >= 0.3 is 12.0 Å². The number of carboxylic acids is 1. The lowest BCUT2D eigenvalue weighted by molar-refractivity contribution is -0.140. The molecule has 1 rings (SSSR count). The van der Waals surface area contributed by atoms with Crippen molar-refractivity contribution >= 4 is 33.6 Å². The molecule has 2 amide bonds. The van der Waals surface area contributed by atoms with Crippen LogP contribution in [0.1, 0.15) is 13.8 Å². The van der Waals surface area contributed by atoms with Crippen LogP contribution in [0.5, 0.6) is 5.75 Å². The maximum absolute atomic E-state index is 11.8. The Morgan fingerprint density at radius 2 is 2.00 bits per heavy atom. The standard InChI is InChI=1S/C13H17BrN2O4/c1-7(2)11(12(17)18)16-13(19)15-10-6-8(20-3)4-5-9(10)14/h4-7,11H,1-3H3,(H,17,18)(H2,15,16,19)/t11-/m0/s1. The quantitative estimate of drug-likeness (QED) is 0.766. The first-order chi connectivity index (χ1) is 9.35. The van der Waals surface area contributed by atoms with Crippen molar-refractivity contribution in [1.29, 1.82) is 0 Å². The molecule has 0 saturated heterocycles. The van der Waals surface area contributed by atoms with Gasteiger partial charge in [-0.3, -0.25) is 0 Å². The molecular formula is C13H17BrN2O4. The van der Waals surface area contributed by atoms with E-state index in [1.54, 1.807) is 32.0 Å². The number of rotatable bonds is 5. The molecule has 20 heavy (non-hydrogen) atoms.